The lowest BCUT2D eigenvalue weighted by Gasteiger charge is -2.07. The predicted octanol–water partition coefficient (Wildman–Crippen LogP) is 4.40. The van der Waals surface area contributed by atoms with Gasteiger partial charge in [0.25, 0.3) is 0 Å². The minimum Gasteiger partial charge on any atom is -0.236 e. The average molecular weight is 370 g/mol. The topological polar surface area (TPSA) is 43.6 Å². The Bertz CT molecular complexity index is 755. The van der Waals surface area contributed by atoms with Gasteiger partial charge in [-0.25, -0.2) is 9.97 Å². The number of rotatable bonds is 2. The van der Waals surface area contributed by atoms with Gasteiger partial charge < -0.3 is 0 Å². The largest absolute Gasteiger partial charge is 0.236 e. The van der Waals surface area contributed by atoms with Gasteiger partial charge in [-0.1, -0.05) is 29.3 Å². The maximum Gasteiger partial charge on any atom is 0.166 e. The average Bonchev–Trinajstić information content (AvgIpc) is 2.92. The van der Waals surface area contributed by atoms with Crippen LogP contribution >= 0.6 is 39.1 Å². The van der Waals surface area contributed by atoms with Crippen molar-refractivity contribution in [3.05, 3.63) is 57.4 Å². The molecular weight excluding hydrogens is 363 g/mol. The van der Waals surface area contributed by atoms with Crippen LogP contribution in [0.15, 0.2) is 47.3 Å². The first kappa shape index (κ1) is 13.5. The summed E-state index contributed by atoms with van der Waals surface area (Å²) in [5.41, 5.74) is 0.710. The van der Waals surface area contributed by atoms with E-state index in [1.165, 1.54) is 6.33 Å². The highest BCUT2D eigenvalue weighted by molar-refractivity contribution is 9.10. The summed E-state index contributed by atoms with van der Waals surface area (Å²) in [6.07, 6.45) is 3.15. The number of hydrogen-bond acceptors (Lipinski definition) is 3. The highest BCUT2D eigenvalue weighted by Gasteiger charge is 2.14. The van der Waals surface area contributed by atoms with E-state index in [2.05, 4.69) is 31.0 Å². The minimum absolute atomic E-state index is 0.445. The molecule has 0 aliphatic rings. The molecule has 100 valence electrons. The first-order chi connectivity index (χ1) is 9.66. The highest BCUT2D eigenvalue weighted by atomic mass is 79.9. The fraction of sp³-hybridized carbons (Fsp3) is 0. The Balaban J connectivity index is 2.15. The number of aromatic nitrogens is 4. The van der Waals surface area contributed by atoms with Gasteiger partial charge in [0.05, 0.1) is 10.0 Å². The molecule has 7 heteroatoms. The Hall–Kier alpha value is -1.43. The third-order valence-electron chi connectivity index (χ3n) is 2.67. The van der Waals surface area contributed by atoms with Crippen molar-refractivity contribution in [1.29, 1.82) is 0 Å². The molecular formula is C13H7BrCl2N4. The molecule has 0 atom stereocenters. The van der Waals surface area contributed by atoms with Gasteiger partial charge in [0.1, 0.15) is 6.33 Å². The Labute approximate surface area is 133 Å². The summed E-state index contributed by atoms with van der Waals surface area (Å²) in [4.78, 5) is 8.54. The zero-order valence-electron chi connectivity index (χ0n) is 9.96. The third kappa shape index (κ3) is 2.44. The molecule has 0 fully saturated rings. The maximum absolute atomic E-state index is 6.23. The molecule has 0 saturated heterocycles. The molecule has 3 rings (SSSR count). The van der Waals surface area contributed by atoms with E-state index in [1.807, 2.05) is 24.3 Å². The number of pyridine rings is 1. The Morgan fingerprint density at radius 2 is 1.90 bits per heavy atom. The van der Waals surface area contributed by atoms with Gasteiger partial charge in [-0.2, -0.15) is 9.78 Å². The molecule has 0 aliphatic heterocycles. The van der Waals surface area contributed by atoms with Gasteiger partial charge in [0.2, 0.25) is 0 Å². The lowest BCUT2D eigenvalue weighted by atomic mass is 10.2. The fourth-order valence-corrected chi connectivity index (χ4v) is 2.38. The summed E-state index contributed by atoms with van der Waals surface area (Å²) in [5, 5.41) is 5.11. The normalized spacial score (nSPS) is 10.8. The molecule has 2 aromatic heterocycles. The quantitative estimate of drug-likeness (QED) is 0.672. The SMILES string of the molecule is Clc1cccc(-c2ncnn2-c2ccc(Br)cn2)c1Cl. The van der Waals surface area contributed by atoms with Gasteiger partial charge in [0, 0.05) is 16.2 Å². The molecule has 0 radical (unpaired) electrons. The van der Waals surface area contributed by atoms with Gasteiger partial charge in [-0.15, -0.1) is 0 Å². The van der Waals surface area contributed by atoms with Gasteiger partial charge in [0.15, 0.2) is 11.6 Å². The smallest absolute Gasteiger partial charge is 0.166 e. The molecule has 1 aromatic carbocycles. The van der Waals surface area contributed by atoms with Gasteiger partial charge >= 0.3 is 0 Å². The second kappa shape index (κ2) is 5.52. The van der Waals surface area contributed by atoms with Crippen molar-refractivity contribution in [3.8, 4) is 17.2 Å². The summed E-state index contributed by atoms with van der Waals surface area (Å²) >= 11 is 15.6. The minimum atomic E-state index is 0.445. The summed E-state index contributed by atoms with van der Waals surface area (Å²) in [5.74, 6) is 1.24. The van der Waals surface area contributed by atoms with Crippen molar-refractivity contribution in [2.45, 2.75) is 0 Å². The van der Waals surface area contributed by atoms with Crippen molar-refractivity contribution in [1.82, 2.24) is 19.7 Å². The van der Waals surface area contributed by atoms with E-state index >= 15 is 0 Å². The molecule has 4 nitrogen and oxygen atoms in total. The van der Waals surface area contributed by atoms with Crippen LogP contribution in [-0.2, 0) is 0 Å². The van der Waals surface area contributed by atoms with Crippen molar-refractivity contribution in [3.63, 3.8) is 0 Å². The summed E-state index contributed by atoms with van der Waals surface area (Å²) in [6.45, 7) is 0. The first-order valence-corrected chi connectivity index (χ1v) is 7.18. The van der Waals surface area contributed by atoms with Crippen LogP contribution in [0.3, 0.4) is 0 Å². The summed E-state index contributed by atoms with van der Waals surface area (Å²) in [6, 6.07) is 9.10. The molecule has 0 amide bonds. The van der Waals surface area contributed by atoms with Crippen LogP contribution in [0.4, 0.5) is 0 Å². The summed E-state index contributed by atoms with van der Waals surface area (Å²) < 4.78 is 2.51. The van der Waals surface area contributed by atoms with Crippen LogP contribution in [0.1, 0.15) is 0 Å². The number of benzene rings is 1. The predicted molar refractivity (Wildman–Crippen MR) is 82.3 cm³/mol. The molecule has 2 heterocycles. The van der Waals surface area contributed by atoms with E-state index in [-0.39, 0.29) is 0 Å². The molecule has 0 unspecified atom stereocenters. The van der Waals surface area contributed by atoms with Crippen molar-refractivity contribution >= 4 is 39.1 Å². The number of hydrogen-bond donors (Lipinski definition) is 0. The van der Waals surface area contributed by atoms with Crippen LogP contribution in [0.2, 0.25) is 10.0 Å². The van der Waals surface area contributed by atoms with E-state index < -0.39 is 0 Å². The van der Waals surface area contributed by atoms with E-state index in [1.54, 1.807) is 16.9 Å². The lowest BCUT2D eigenvalue weighted by molar-refractivity contribution is 0.852. The van der Waals surface area contributed by atoms with Gasteiger partial charge in [-0.05, 0) is 40.2 Å². The Kier molecular flexibility index (Phi) is 3.74. The van der Waals surface area contributed by atoms with Crippen LogP contribution < -0.4 is 0 Å². The van der Waals surface area contributed by atoms with Crippen molar-refractivity contribution in [2.75, 3.05) is 0 Å². The lowest BCUT2D eigenvalue weighted by Crippen LogP contribution is -2.02. The first-order valence-electron chi connectivity index (χ1n) is 5.63. The molecule has 20 heavy (non-hydrogen) atoms. The van der Waals surface area contributed by atoms with Crippen LogP contribution in [0.25, 0.3) is 17.2 Å². The van der Waals surface area contributed by atoms with Crippen LogP contribution in [-0.4, -0.2) is 19.7 Å². The molecule has 0 saturated carbocycles. The third-order valence-corrected chi connectivity index (χ3v) is 3.96. The maximum atomic E-state index is 6.23. The molecule has 0 N–H and O–H groups in total. The van der Waals surface area contributed by atoms with E-state index in [0.29, 0.717) is 27.3 Å². The number of nitrogens with zero attached hydrogens (tertiary/aromatic N) is 4. The fourth-order valence-electron chi connectivity index (χ4n) is 1.76. The van der Waals surface area contributed by atoms with Crippen molar-refractivity contribution < 1.29 is 0 Å². The van der Waals surface area contributed by atoms with Crippen LogP contribution in [0.5, 0.6) is 0 Å². The second-order valence-corrected chi connectivity index (χ2v) is 5.63. The summed E-state index contributed by atoms with van der Waals surface area (Å²) in [7, 11) is 0. The molecule has 0 aliphatic carbocycles. The molecule has 0 spiro atoms. The molecule has 0 bridgehead atoms. The zero-order chi connectivity index (χ0) is 14.1. The van der Waals surface area contributed by atoms with E-state index in [0.717, 1.165) is 4.47 Å². The van der Waals surface area contributed by atoms with Gasteiger partial charge in [-0.3, -0.25) is 0 Å². The van der Waals surface area contributed by atoms with E-state index in [9.17, 15) is 0 Å². The van der Waals surface area contributed by atoms with Crippen LogP contribution in [0, 0.1) is 0 Å². The molecule has 3 aromatic rings. The zero-order valence-corrected chi connectivity index (χ0v) is 13.1. The van der Waals surface area contributed by atoms with E-state index in [4.69, 9.17) is 23.2 Å². The van der Waals surface area contributed by atoms with Crippen molar-refractivity contribution in [2.24, 2.45) is 0 Å². The Morgan fingerprint density at radius 3 is 2.65 bits per heavy atom. The number of halogens is 3. The Morgan fingerprint density at radius 1 is 1.05 bits per heavy atom. The standard InChI is InChI=1S/C13H7BrCl2N4/c14-8-4-5-11(17-6-8)20-13(18-7-19-20)9-2-1-3-10(15)12(9)16/h1-7H. The highest BCUT2D eigenvalue weighted by Crippen LogP contribution is 2.32. The monoisotopic (exact) mass is 368 g/mol. The second-order valence-electron chi connectivity index (χ2n) is 3.93.